The summed E-state index contributed by atoms with van der Waals surface area (Å²) in [5, 5.41) is 0. The molecule has 0 fully saturated rings. The fourth-order valence-corrected chi connectivity index (χ4v) is 1.29. The molecule has 0 unspecified atom stereocenters. The molecule has 0 saturated carbocycles. The van der Waals surface area contributed by atoms with E-state index in [1.807, 2.05) is 25.1 Å². The first-order valence-corrected chi connectivity index (χ1v) is 4.62. The van der Waals surface area contributed by atoms with Gasteiger partial charge in [0.25, 0.3) is 0 Å². The molecule has 15 heavy (non-hydrogen) atoms. The van der Waals surface area contributed by atoms with Crippen LogP contribution in [0, 0.1) is 0 Å². The normalized spacial score (nSPS) is 10.3. The summed E-state index contributed by atoms with van der Waals surface area (Å²) in [6.07, 6.45) is 3.81. The van der Waals surface area contributed by atoms with Gasteiger partial charge in [-0.1, -0.05) is 18.2 Å². The number of benzene rings is 1. The van der Waals surface area contributed by atoms with Gasteiger partial charge in [0.05, 0.1) is 14.2 Å². The standard InChI is InChI=1S/C12H14O3/c1-4-5-9-6-7-11(14-2)10(8-9)12(13)15-3/h4-8H,1-3H3/b5-4+. The van der Waals surface area contributed by atoms with E-state index in [1.54, 1.807) is 12.1 Å². The third-order valence-corrected chi connectivity index (χ3v) is 1.99. The Morgan fingerprint density at radius 2 is 2.07 bits per heavy atom. The van der Waals surface area contributed by atoms with Crippen LogP contribution in [-0.4, -0.2) is 20.2 Å². The van der Waals surface area contributed by atoms with E-state index in [9.17, 15) is 4.79 Å². The van der Waals surface area contributed by atoms with Gasteiger partial charge in [-0.3, -0.25) is 0 Å². The van der Waals surface area contributed by atoms with Crippen molar-refractivity contribution >= 4 is 12.0 Å². The number of carbonyl (C=O) groups is 1. The third-order valence-electron chi connectivity index (χ3n) is 1.99. The van der Waals surface area contributed by atoms with Gasteiger partial charge in [0.15, 0.2) is 0 Å². The van der Waals surface area contributed by atoms with Crippen molar-refractivity contribution in [2.45, 2.75) is 6.92 Å². The minimum absolute atomic E-state index is 0.391. The van der Waals surface area contributed by atoms with E-state index in [-0.39, 0.29) is 0 Å². The smallest absolute Gasteiger partial charge is 0.341 e. The first-order valence-electron chi connectivity index (χ1n) is 4.62. The molecule has 0 saturated heterocycles. The summed E-state index contributed by atoms with van der Waals surface area (Å²) in [6, 6.07) is 5.37. The van der Waals surface area contributed by atoms with Crippen molar-refractivity contribution in [1.82, 2.24) is 0 Å². The minimum atomic E-state index is -0.391. The van der Waals surface area contributed by atoms with Crippen molar-refractivity contribution in [3.63, 3.8) is 0 Å². The van der Waals surface area contributed by atoms with E-state index in [2.05, 4.69) is 4.74 Å². The Morgan fingerprint density at radius 3 is 2.60 bits per heavy atom. The fourth-order valence-electron chi connectivity index (χ4n) is 1.29. The quantitative estimate of drug-likeness (QED) is 0.713. The van der Waals surface area contributed by atoms with Gasteiger partial charge in [0.1, 0.15) is 11.3 Å². The van der Waals surface area contributed by atoms with Crippen LogP contribution in [-0.2, 0) is 4.74 Å². The van der Waals surface area contributed by atoms with Crippen molar-refractivity contribution in [2.75, 3.05) is 14.2 Å². The van der Waals surface area contributed by atoms with Gasteiger partial charge >= 0.3 is 5.97 Å². The summed E-state index contributed by atoms with van der Waals surface area (Å²) in [7, 11) is 2.88. The Morgan fingerprint density at radius 1 is 1.33 bits per heavy atom. The lowest BCUT2D eigenvalue weighted by Gasteiger charge is -2.07. The number of carbonyl (C=O) groups excluding carboxylic acids is 1. The average Bonchev–Trinajstić information content (AvgIpc) is 2.28. The van der Waals surface area contributed by atoms with Crippen LogP contribution in [0.15, 0.2) is 24.3 Å². The molecule has 0 aromatic heterocycles. The minimum Gasteiger partial charge on any atom is -0.496 e. The zero-order valence-corrected chi connectivity index (χ0v) is 9.11. The van der Waals surface area contributed by atoms with Gasteiger partial charge in [-0.25, -0.2) is 4.79 Å². The number of ether oxygens (including phenoxy) is 2. The SMILES string of the molecule is C/C=C/c1ccc(OC)c(C(=O)OC)c1. The van der Waals surface area contributed by atoms with Gasteiger partial charge in [-0.2, -0.15) is 0 Å². The second kappa shape index (κ2) is 5.20. The molecule has 0 amide bonds. The number of rotatable bonds is 3. The molecule has 0 aliphatic carbocycles. The molecule has 3 heteroatoms. The van der Waals surface area contributed by atoms with Crippen molar-refractivity contribution in [1.29, 1.82) is 0 Å². The molecule has 1 aromatic carbocycles. The van der Waals surface area contributed by atoms with Crippen LogP contribution in [0.3, 0.4) is 0 Å². The molecule has 0 spiro atoms. The van der Waals surface area contributed by atoms with Crippen LogP contribution in [0.4, 0.5) is 0 Å². The van der Waals surface area contributed by atoms with Crippen LogP contribution in [0.5, 0.6) is 5.75 Å². The molecule has 3 nitrogen and oxygen atoms in total. The fraction of sp³-hybridized carbons (Fsp3) is 0.250. The Balaban J connectivity index is 3.18. The highest BCUT2D eigenvalue weighted by atomic mass is 16.5. The van der Waals surface area contributed by atoms with Crippen LogP contribution in [0.25, 0.3) is 6.08 Å². The predicted octanol–water partition coefficient (Wildman–Crippen LogP) is 2.51. The zero-order valence-electron chi connectivity index (χ0n) is 9.11. The van der Waals surface area contributed by atoms with Crippen LogP contribution < -0.4 is 4.74 Å². The molecule has 0 bridgehead atoms. The van der Waals surface area contributed by atoms with Gasteiger partial charge in [-0.15, -0.1) is 0 Å². The second-order valence-corrected chi connectivity index (χ2v) is 2.95. The highest BCUT2D eigenvalue weighted by Crippen LogP contribution is 2.21. The Hall–Kier alpha value is -1.77. The summed E-state index contributed by atoms with van der Waals surface area (Å²) in [6.45, 7) is 1.92. The lowest BCUT2D eigenvalue weighted by atomic mass is 10.1. The number of allylic oxidation sites excluding steroid dienone is 1. The molecular formula is C12H14O3. The van der Waals surface area contributed by atoms with Crippen molar-refractivity contribution in [3.05, 3.63) is 35.4 Å². The van der Waals surface area contributed by atoms with Crippen LogP contribution in [0.2, 0.25) is 0 Å². The first-order chi connectivity index (χ1) is 7.22. The number of hydrogen-bond acceptors (Lipinski definition) is 3. The van der Waals surface area contributed by atoms with Gasteiger partial charge in [0, 0.05) is 0 Å². The van der Waals surface area contributed by atoms with Crippen LogP contribution in [0.1, 0.15) is 22.8 Å². The number of esters is 1. The van der Waals surface area contributed by atoms with E-state index in [0.717, 1.165) is 5.56 Å². The van der Waals surface area contributed by atoms with Crippen LogP contribution >= 0.6 is 0 Å². The maximum atomic E-state index is 11.4. The highest BCUT2D eigenvalue weighted by molar-refractivity contribution is 5.93. The molecule has 0 heterocycles. The topological polar surface area (TPSA) is 35.5 Å². The van der Waals surface area contributed by atoms with E-state index >= 15 is 0 Å². The summed E-state index contributed by atoms with van der Waals surface area (Å²) in [5.41, 5.74) is 1.38. The lowest BCUT2D eigenvalue weighted by Crippen LogP contribution is -2.04. The molecule has 1 aromatic rings. The summed E-state index contributed by atoms with van der Waals surface area (Å²) >= 11 is 0. The molecule has 1 rings (SSSR count). The predicted molar refractivity (Wildman–Crippen MR) is 59.0 cm³/mol. The van der Waals surface area contributed by atoms with Gasteiger partial charge in [-0.05, 0) is 24.6 Å². The first kappa shape index (κ1) is 11.3. The van der Waals surface area contributed by atoms with E-state index in [1.165, 1.54) is 14.2 Å². The number of hydrogen-bond donors (Lipinski definition) is 0. The van der Waals surface area contributed by atoms with Crippen molar-refractivity contribution in [3.8, 4) is 5.75 Å². The highest BCUT2D eigenvalue weighted by Gasteiger charge is 2.12. The Labute approximate surface area is 89.3 Å². The maximum Gasteiger partial charge on any atom is 0.341 e. The molecule has 0 atom stereocenters. The van der Waals surface area contributed by atoms with Crippen molar-refractivity contribution < 1.29 is 14.3 Å². The van der Waals surface area contributed by atoms with E-state index in [0.29, 0.717) is 11.3 Å². The maximum absolute atomic E-state index is 11.4. The summed E-state index contributed by atoms with van der Waals surface area (Å²) < 4.78 is 9.75. The Bertz CT molecular complexity index is 380. The van der Waals surface area contributed by atoms with Crippen molar-refractivity contribution in [2.24, 2.45) is 0 Å². The van der Waals surface area contributed by atoms with Gasteiger partial charge < -0.3 is 9.47 Å². The third kappa shape index (κ3) is 2.59. The van der Waals surface area contributed by atoms with E-state index in [4.69, 9.17) is 4.74 Å². The average molecular weight is 206 g/mol. The summed E-state index contributed by atoms with van der Waals surface area (Å²) in [4.78, 5) is 11.4. The largest absolute Gasteiger partial charge is 0.496 e. The lowest BCUT2D eigenvalue weighted by molar-refractivity contribution is 0.0597. The zero-order chi connectivity index (χ0) is 11.3. The molecule has 0 radical (unpaired) electrons. The monoisotopic (exact) mass is 206 g/mol. The van der Waals surface area contributed by atoms with Gasteiger partial charge in [0.2, 0.25) is 0 Å². The molecular weight excluding hydrogens is 192 g/mol. The summed E-state index contributed by atoms with van der Waals surface area (Å²) in [5.74, 6) is 0.133. The Kier molecular flexibility index (Phi) is 3.92. The molecule has 80 valence electrons. The number of methoxy groups -OCH3 is 2. The second-order valence-electron chi connectivity index (χ2n) is 2.95. The molecule has 0 aliphatic rings. The molecule has 0 aliphatic heterocycles. The molecule has 0 N–H and O–H groups in total. The van der Waals surface area contributed by atoms with E-state index < -0.39 is 5.97 Å².